The summed E-state index contributed by atoms with van der Waals surface area (Å²) in [6.45, 7) is 0.333. The lowest BCUT2D eigenvalue weighted by molar-refractivity contribution is -0.116. The summed E-state index contributed by atoms with van der Waals surface area (Å²) < 4.78 is 7.42. The number of amides is 2. The van der Waals surface area contributed by atoms with Gasteiger partial charge in [-0.2, -0.15) is 5.26 Å². The predicted octanol–water partition coefficient (Wildman–Crippen LogP) is 3.10. The van der Waals surface area contributed by atoms with Gasteiger partial charge in [0.25, 0.3) is 0 Å². The molecule has 1 atom stereocenters. The second kappa shape index (κ2) is 10.3. The number of imidazole rings is 1. The number of carbonyl (C=O) groups excluding carboxylic acids is 2. The molecule has 4 rings (SSSR count). The molecule has 0 aliphatic heterocycles. The maximum absolute atomic E-state index is 12.5. The van der Waals surface area contributed by atoms with E-state index < -0.39 is 6.09 Å². The zero-order valence-electron chi connectivity index (χ0n) is 18.2. The molecule has 3 aromatic rings. The molecule has 3 heterocycles. The number of fused-ring (bicyclic) bond motifs is 1. The Morgan fingerprint density at radius 2 is 2.24 bits per heavy atom. The van der Waals surface area contributed by atoms with Crippen LogP contribution in [0.1, 0.15) is 40.1 Å². The van der Waals surface area contributed by atoms with Crippen LogP contribution in [0.15, 0.2) is 37.1 Å². The summed E-state index contributed by atoms with van der Waals surface area (Å²) in [5.74, 6) is -0.142. The van der Waals surface area contributed by atoms with Gasteiger partial charge in [-0.25, -0.2) is 9.78 Å². The highest BCUT2D eigenvalue weighted by atomic mass is 32.1. The lowest BCUT2D eigenvalue weighted by Gasteiger charge is -2.22. The van der Waals surface area contributed by atoms with Gasteiger partial charge in [0.1, 0.15) is 17.2 Å². The normalized spacial score (nSPS) is 14.7. The molecular weight excluding hydrogens is 440 g/mol. The molecule has 170 valence electrons. The molecular formula is C23H24N6O3S. The molecule has 2 N–H and O–H groups in total. The van der Waals surface area contributed by atoms with Crippen LogP contribution in [0.4, 0.5) is 9.80 Å². The zero-order chi connectivity index (χ0) is 23.2. The van der Waals surface area contributed by atoms with E-state index in [1.54, 1.807) is 24.9 Å². The fourth-order valence-corrected chi connectivity index (χ4v) is 5.05. The van der Waals surface area contributed by atoms with E-state index in [1.165, 1.54) is 11.3 Å². The first-order valence-electron chi connectivity index (χ1n) is 10.7. The van der Waals surface area contributed by atoms with Gasteiger partial charge in [0.05, 0.1) is 24.1 Å². The van der Waals surface area contributed by atoms with Crippen molar-refractivity contribution < 1.29 is 14.3 Å². The Morgan fingerprint density at radius 1 is 1.36 bits per heavy atom. The number of hydrogen-bond donors (Lipinski definition) is 2. The smallest absolute Gasteiger partial charge is 0.407 e. The molecule has 0 fully saturated rings. The average Bonchev–Trinajstić information content (AvgIpc) is 3.38. The molecule has 2 amide bonds. The number of aryl methyl sites for hydroxylation is 2. The lowest BCUT2D eigenvalue weighted by atomic mass is 9.94. The van der Waals surface area contributed by atoms with Gasteiger partial charge in [-0.1, -0.05) is 6.07 Å². The molecule has 0 spiro atoms. The first kappa shape index (κ1) is 22.5. The van der Waals surface area contributed by atoms with E-state index in [1.807, 2.05) is 23.7 Å². The van der Waals surface area contributed by atoms with E-state index in [4.69, 9.17) is 4.74 Å². The summed E-state index contributed by atoms with van der Waals surface area (Å²) in [6.07, 6.45) is 8.71. The fourth-order valence-electron chi connectivity index (χ4n) is 3.77. The zero-order valence-corrected chi connectivity index (χ0v) is 19.0. The van der Waals surface area contributed by atoms with Crippen molar-refractivity contribution in [2.45, 2.75) is 44.8 Å². The maximum atomic E-state index is 12.5. The van der Waals surface area contributed by atoms with Crippen LogP contribution in [-0.2, 0) is 42.4 Å². The third-order valence-corrected chi connectivity index (χ3v) is 6.72. The van der Waals surface area contributed by atoms with Gasteiger partial charge < -0.3 is 19.9 Å². The number of alkyl carbamates (subject to hydrolysis) is 1. The third-order valence-electron chi connectivity index (χ3n) is 5.55. The number of nitriles is 1. The van der Waals surface area contributed by atoms with Crippen molar-refractivity contribution in [3.05, 3.63) is 64.3 Å². The Morgan fingerprint density at radius 3 is 2.97 bits per heavy atom. The molecule has 0 saturated carbocycles. The van der Waals surface area contributed by atoms with Crippen LogP contribution in [0.25, 0.3) is 0 Å². The van der Waals surface area contributed by atoms with Gasteiger partial charge in [-0.15, -0.1) is 11.3 Å². The molecule has 0 radical (unpaired) electrons. The molecule has 0 bridgehead atoms. The van der Waals surface area contributed by atoms with Crippen molar-refractivity contribution in [1.29, 1.82) is 5.26 Å². The Bertz CT molecular complexity index is 1180. The standard InChI is InChI=1S/C23H24N6O3S/c1-29-14-26-12-16(29)13-27-23(31)32-17-5-6-18-19(10-24)22(33-20(18)9-17)28-21(30)7-4-15-3-2-8-25-11-15/h2-3,8,11-12,14,17H,4-7,9,13H2,1H3,(H,27,31)(H,28,30). The largest absolute Gasteiger partial charge is 0.446 e. The number of thiophene rings is 1. The summed E-state index contributed by atoms with van der Waals surface area (Å²) >= 11 is 1.39. The Kier molecular flexibility index (Phi) is 7.00. The van der Waals surface area contributed by atoms with Crippen molar-refractivity contribution in [3.8, 4) is 6.07 Å². The van der Waals surface area contributed by atoms with Crippen molar-refractivity contribution in [2.24, 2.45) is 7.05 Å². The summed E-state index contributed by atoms with van der Waals surface area (Å²) in [5.41, 5.74) is 3.32. The van der Waals surface area contributed by atoms with Crippen LogP contribution < -0.4 is 10.6 Å². The summed E-state index contributed by atoms with van der Waals surface area (Å²) in [5, 5.41) is 15.9. The number of aromatic nitrogens is 3. The fraction of sp³-hybridized carbons (Fsp3) is 0.348. The summed E-state index contributed by atoms with van der Waals surface area (Å²) in [6, 6.07) is 6.00. The van der Waals surface area contributed by atoms with Crippen molar-refractivity contribution in [2.75, 3.05) is 5.32 Å². The molecule has 1 unspecified atom stereocenters. The molecule has 33 heavy (non-hydrogen) atoms. The quantitative estimate of drug-likeness (QED) is 0.554. The van der Waals surface area contributed by atoms with Crippen molar-refractivity contribution in [3.63, 3.8) is 0 Å². The number of rotatable bonds is 7. The predicted molar refractivity (Wildman–Crippen MR) is 123 cm³/mol. The van der Waals surface area contributed by atoms with E-state index in [0.29, 0.717) is 49.2 Å². The minimum absolute atomic E-state index is 0.142. The number of carbonyl (C=O) groups is 2. The molecule has 1 aliphatic rings. The number of ether oxygens (including phenoxy) is 1. The minimum atomic E-state index is -0.481. The van der Waals surface area contributed by atoms with Gasteiger partial charge in [0.2, 0.25) is 5.91 Å². The highest BCUT2D eigenvalue weighted by Gasteiger charge is 2.28. The molecule has 10 heteroatoms. The van der Waals surface area contributed by atoms with E-state index in [-0.39, 0.29) is 12.0 Å². The van der Waals surface area contributed by atoms with E-state index >= 15 is 0 Å². The third kappa shape index (κ3) is 5.56. The first-order valence-corrected chi connectivity index (χ1v) is 11.5. The second-order valence-corrected chi connectivity index (χ2v) is 8.95. The Labute approximate surface area is 195 Å². The van der Waals surface area contributed by atoms with Crippen LogP contribution in [0.2, 0.25) is 0 Å². The molecule has 0 aromatic carbocycles. The maximum Gasteiger partial charge on any atom is 0.407 e. The van der Waals surface area contributed by atoms with Gasteiger partial charge in [-0.05, 0) is 36.5 Å². The molecule has 0 saturated heterocycles. The van der Waals surface area contributed by atoms with E-state index in [9.17, 15) is 14.9 Å². The SMILES string of the molecule is Cn1cncc1CNC(=O)OC1CCc2c(sc(NC(=O)CCc3cccnc3)c2C#N)C1. The number of pyridine rings is 1. The second-order valence-electron chi connectivity index (χ2n) is 7.85. The van der Waals surface area contributed by atoms with Crippen LogP contribution in [0.5, 0.6) is 0 Å². The summed E-state index contributed by atoms with van der Waals surface area (Å²) in [7, 11) is 1.86. The average molecular weight is 465 g/mol. The van der Waals surface area contributed by atoms with Crippen molar-refractivity contribution >= 4 is 28.3 Å². The van der Waals surface area contributed by atoms with Gasteiger partial charge in [-0.3, -0.25) is 9.78 Å². The molecule has 3 aromatic heterocycles. The Balaban J connectivity index is 1.33. The van der Waals surface area contributed by atoms with Gasteiger partial charge >= 0.3 is 6.09 Å². The topological polar surface area (TPSA) is 122 Å². The minimum Gasteiger partial charge on any atom is -0.446 e. The van der Waals surface area contributed by atoms with E-state index in [2.05, 4.69) is 26.7 Å². The first-order chi connectivity index (χ1) is 16.0. The number of anilines is 1. The van der Waals surface area contributed by atoms with Crippen LogP contribution >= 0.6 is 11.3 Å². The highest BCUT2D eigenvalue weighted by molar-refractivity contribution is 7.16. The number of nitrogens with zero attached hydrogens (tertiary/aromatic N) is 4. The van der Waals surface area contributed by atoms with Crippen molar-refractivity contribution in [1.82, 2.24) is 19.9 Å². The van der Waals surface area contributed by atoms with E-state index in [0.717, 1.165) is 21.7 Å². The van der Waals surface area contributed by atoms with Crippen LogP contribution in [0, 0.1) is 11.3 Å². The Hall–Kier alpha value is -3.71. The molecule has 1 aliphatic carbocycles. The van der Waals surface area contributed by atoms with Crippen LogP contribution in [-0.4, -0.2) is 32.6 Å². The lowest BCUT2D eigenvalue weighted by Crippen LogP contribution is -2.32. The van der Waals surface area contributed by atoms with Crippen LogP contribution in [0.3, 0.4) is 0 Å². The number of nitrogens with one attached hydrogen (secondary N) is 2. The highest BCUT2D eigenvalue weighted by Crippen LogP contribution is 2.38. The number of hydrogen-bond acceptors (Lipinski definition) is 7. The van der Waals surface area contributed by atoms with Gasteiger partial charge in [0.15, 0.2) is 0 Å². The monoisotopic (exact) mass is 464 g/mol. The summed E-state index contributed by atoms with van der Waals surface area (Å²) in [4.78, 5) is 33.7. The molecule has 9 nitrogen and oxygen atoms in total. The van der Waals surface area contributed by atoms with Gasteiger partial charge in [0, 0.05) is 43.4 Å².